The Kier molecular flexibility index (Phi) is 6.53. The summed E-state index contributed by atoms with van der Waals surface area (Å²) in [5.74, 6) is -0.0133. The number of likely N-dealkylation sites (N-methyl/N-ethyl adjacent to an activating group) is 1. The molecule has 1 aromatic carbocycles. The van der Waals surface area contributed by atoms with E-state index < -0.39 is 0 Å². The van der Waals surface area contributed by atoms with Crippen molar-refractivity contribution in [3.8, 4) is 0 Å². The highest BCUT2D eigenvalue weighted by molar-refractivity contribution is 6.30. The molecule has 1 aliphatic heterocycles. The van der Waals surface area contributed by atoms with Crippen molar-refractivity contribution in [2.24, 2.45) is 0 Å². The van der Waals surface area contributed by atoms with E-state index in [9.17, 15) is 4.79 Å². The zero-order valence-electron chi connectivity index (χ0n) is 15.9. The van der Waals surface area contributed by atoms with Crippen molar-refractivity contribution in [3.05, 3.63) is 53.3 Å². The number of nitrogens with zero attached hydrogens (tertiary/aromatic N) is 4. The number of amides is 1. The Balaban J connectivity index is 1.53. The molecule has 1 fully saturated rings. The van der Waals surface area contributed by atoms with E-state index in [-0.39, 0.29) is 5.91 Å². The summed E-state index contributed by atoms with van der Waals surface area (Å²) in [4.78, 5) is 23.3. The molecular weight excluding hydrogens is 362 g/mol. The van der Waals surface area contributed by atoms with Gasteiger partial charge in [0.1, 0.15) is 5.69 Å². The quantitative estimate of drug-likeness (QED) is 0.825. The third kappa shape index (κ3) is 5.34. The van der Waals surface area contributed by atoms with Crippen LogP contribution in [0.2, 0.25) is 5.02 Å². The fourth-order valence-electron chi connectivity index (χ4n) is 3.05. The summed E-state index contributed by atoms with van der Waals surface area (Å²) in [6, 6.07) is 11.5. The van der Waals surface area contributed by atoms with Gasteiger partial charge >= 0.3 is 0 Å². The normalized spacial score (nSPS) is 14.5. The van der Waals surface area contributed by atoms with Gasteiger partial charge in [-0.2, -0.15) is 0 Å². The number of halogens is 1. The van der Waals surface area contributed by atoms with E-state index in [1.54, 1.807) is 12.3 Å². The minimum absolute atomic E-state index is 0.0133. The first-order valence-electron chi connectivity index (χ1n) is 9.17. The lowest BCUT2D eigenvalue weighted by Gasteiger charge is -2.36. The van der Waals surface area contributed by atoms with Gasteiger partial charge in [0, 0.05) is 50.0 Å². The van der Waals surface area contributed by atoms with Gasteiger partial charge in [-0.25, -0.2) is 4.98 Å². The number of pyridine rings is 1. The lowest BCUT2D eigenvalue weighted by Crippen LogP contribution is -2.49. The maximum absolute atomic E-state index is 12.7. The van der Waals surface area contributed by atoms with Crippen LogP contribution in [-0.2, 0) is 0 Å². The van der Waals surface area contributed by atoms with E-state index in [4.69, 9.17) is 11.6 Å². The Hall–Kier alpha value is -2.31. The fraction of sp³-hybridized carbons (Fsp3) is 0.400. The van der Waals surface area contributed by atoms with Crippen molar-refractivity contribution in [2.75, 3.05) is 63.6 Å². The van der Waals surface area contributed by atoms with Crippen LogP contribution in [0.5, 0.6) is 0 Å². The molecule has 1 aromatic heterocycles. The van der Waals surface area contributed by atoms with Gasteiger partial charge in [0.2, 0.25) is 0 Å². The lowest BCUT2D eigenvalue weighted by molar-refractivity contribution is 0.0741. The van der Waals surface area contributed by atoms with E-state index in [0.29, 0.717) is 18.8 Å². The molecular formula is C20H26ClN5O. The number of anilines is 2. The summed E-state index contributed by atoms with van der Waals surface area (Å²) in [5, 5.41) is 4.03. The average Bonchev–Trinajstić information content (AvgIpc) is 2.68. The van der Waals surface area contributed by atoms with Crippen LogP contribution in [0.15, 0.2) is 42.6 Å². The zero-order chi connectivity index (χ0) is 19.2. The summed E-state index contributed by atoms with van der Waals surface area (Å²) in [6.45, 7) is 4.71. The third-order valence-electron chi connectivity index (χ3n) is 4.61. The highest BCUT2D eigenvalue weighted by Gasteiger charge is 2.23. The van der Waals surface area contributed by atoms with E-state index in [0.717, 1.165) is 42.6 Å². The van der Waals surface area contributed by atoms with Crippen LogP contribution in [0.1, 0.15) is 10.5 Å². The number of hydrogen-bond acceptors (Lipinski definition) is 5. The van der Waals surface area contributed by atoms with Crippen LogP contribution < -0.4 is 10.2 Å². The molecule has 0 unspecified atom stereocenters. The smallest absolute Gasteiger partial charge is 0.272 e. The molecule has 0 spiro atoms. The maximum Gasteiger partial charge on any atom is 0.272 e. The summed E-state index contributed by atoms with van der Waals surface area (Å²) < 4.78 is 0. The number of carbonyl (C=O) groups excluding carboxylic acids is 1. The van der Waals surface area contributed by atoms with Gasteiger partial charge in [-0.05, 0) is 44.4 Å². The van der Waals surface area contributed by atoms with E-state index in [1.165, 1.54) is 0 Å². The van der Waals surface area contributed by atoms with Crippen LogP contribution >= 0.6 is 11.6 Å². The second-order valence-electron chi connectivity index (χ2n) is 6.92. The molecule has 0 bridgehead atoms. The van der Waals surface area contributed by atoms with Crippen molar-refractivity contribution in [2.45, 2.75) is 0 Å². The SMILES string of the molecule is CN(C)CCNc1ccc(C(=O)N2CCN(c3cccc(Cl)c3)CC2)nc1. The molecule has 1 aliphatic rings. The number of aromatic nitrogens is 1. The predicted octanol–water partition coefficient (Wildman–Crippen LogP) is 2.67. The van der Waals surface area contributed by atoms with Crippen molar-refractivity contribution >= 4 is 28.9 Å². The first kappa shape index (κ1) is 19.5. The molecule has 6 nitrogen and oxygen atoms in total. The molecule has 1 amide bonds. The molecule has 1 saturated heterocycles. The monoisotopic (exact) mass is 387 g/mol. The summed E-state index contributed by atoms with van der Waals surface area (Å²) >= 11 is 6.08. The first-order chi connectivity index (χ1) is 13.0. The van der Waals surface area contributed by atoms with Crippen LogP contribution in [0.4, 0.5) is 11.4 Å². The molecule has 1 N–H and O–H groups in total. The summed E-state index contributed by atoms with van der Waals surface area (Å²) in [7, 11) is 4.07. The molecule has 7 heteroatoms. The Morgan fingerprint density at radius 1 is 1.19 bits per heavy atom. The number of piperazine rings is 1. The molecule has 2 heterocycles. The van der Waals surface area contributed by atoms with Gasteiger partial charge in [0.15, 0.2) is 0 Å². The van der Waals surface area contributed by atoms with Gasteiger partial charge in [-0.15, -0.1) is 0 Å². The number of carbonyl (C=O) groups is 1. The van der Waals surface area contributed by atoms with Crippen LogP contribution in [-0.4, -0.2) is 74.1 Å². The maximum atomic E-state index is 12.7. The second-order valence-corrected chi connectivity index (χ2v) is 7.36. The van der Waals surface area contributed by atoms with Crippen LogP contribution in [0, 0.1) is 0 Å². The van der Waals surface area contributed by atoms with Gasteiger partial charge in [-0.3, -0.25) is 4.79 Å². The molecule has 0 saturated carbocycles. The van der Waals surface area contributed by atoms with E-state index >= 15 is 0 Å². The molecule has 27 heavy (non-hydrogen) atoms. The Morgan fingerprint density at radius 2 is 1.96 bits per heavy atom. The van der Waals surface area contributed by atoms with E-state index in [1.807, 2.05) is 49.3 Å². The number of hydrogen-bond donors (Lipinski definition) is 1. The van der Waals surface area contributed by atoms with Crippen molar-refractivity contribution in [3.63, 3.8) is 0 Å². The molecule has 0 aliphatic carbocycles. The molecule has 0 radical (unpaired) electrons. The minimum atomic E-state index is -0.0133. The van der Waals surface area contributed by atoms with E-state index in [2.05, 4.69) is 20.1 Å². The Bertz CT molecular complexity index is 757. The Labute approximate surface area is 165 Å². The first-order valence-corrected chi connectivity index (χ1v) is 9.55. The van der Waals surface area contributed by atoms with Gasteiger partial charge < -0.3 is 20.0 Å². The van der Waals surface area contributed by atoms with Gasteiger partial charge in [0.25, 0.3) is 5.91 Å². The lowest BCUT2D eigenvalue weighted by atomic mass is 10.2. The number of rotatable bonds is 6. The van der Waals surface area contributed by atoms with Crippen LogP contribution in [0.25, 0.3) is 0 Å². The molecule has 0 atom stereocenters. The summed E-state index contributed by atoms with van der Waals surface area (Å²) in [5.41, 5.74) is 2.52. The summed E-state index contributed by atoms with van der Waals surface area (Å²) in [6.07, 6.45) is 1.73. The number of nitrogens with one attached hydrogen (secondary N) is 1. The van der Waals surface area contributed by atoms with Crippen LogP contribution in [0.3, 0.4) is 0 Å². The Morgan fingerprint density at radius 3 is 2.59 bits per heavy atom. The highest BCUT2D eigenvalue weighted by atomic mass is 35.5. The topological polar surface area (TPSA) is 51.7 Å². The van der Waals surface area contributed by atoms with Gasteiger partial charge in [-0.1, -0.05) is 17.7 Å². The molecule has 2 aromatic rings. The average molecular weight is 388 g/mol. The van der Waals surface area contributed by atoms with Crippen molar-refractivity contribution in [1.29, 1.82) is 0 Å². The molecule has 144 valence electrons. The fourth-order valence-corrected chi connectivity index (χ4v) is 3.24. The minimum Gasteiger partial charge on any atom is -0.383 e. The zero-order valence-corrected chi connectivity index (χ0v) is 16.6. The predicted molar refractivity (Wildman–Crippen MR) is 111 cm³/mol. The van der Waals surface area contributed by atoms with Gasteiger partial charge in [0.05, 0.1) is 11.9 Å². The third-order valence-corrected chi connectivity index (χ3v) is 4.85. The molecule has 3 rings (SSSR count). The van der Waals surface area contributed by atoms with Crippen molar-refractivity contribution < 1.29 is 4.79 Å². The standard InChI is InChI=1S/C20H26ClN5O/c1-24(2)9-8-22-17-6-7-19(23-15-17)20(27)26-12-10-25(11-13-26)18-5-3-4-16(21)14-18/h3-7,14-15,22H,8-13H2,1-2H3. The number of benzene rings is 1. The van der Waals surface area contributed by atoms with Crippen molar-refractivity contribution in [1.82, 2.24) is 14.8 Å². The largest absolute Gasteiger partial charge is 0.383 e. The highest BCUT2D eigenvalue weighted by Crippen LogP contribution is 2.21. The second kappa shape index (κ2) is 9.06.